The third-order valence-corrected chi connectivity index (χ3v) is 3.10. The molecule has 0 saturated carbocycles. The smallest absolute Gasteiger partial charge is 0.246 e. The van der Waals surface area contributed by atoms with Crippen LogP contribution in [0.2, 0.25) is 0 Å². The summed E-state index contributed by atoms with van der Waals surface area (Å²) in [5.74, 6) is 2.23. The molecule has 0 spiro atoms. The molecule has 1 aliphatic heterocycles. The Morgan fingerprint density at radius 3 is 2.12 bits per heavy atom. The van der Waals surface area contributed by atoms with Gasteiger partial charge in [0, 0.05) is 19.4 Å². The average molecular weight is 234 g/mol. The molecule has 0 unspecified atom stereocenters. The summed E-state index contributed by atoms with van der Waals surface area (Å²) in [6.45, 7) is 12.7. The molecule has 1 heterocycles. The molecular formula is C15H22O2. The Balaban J connectivity index is 2.58. The molecule has 0 atom stereocenters. The number of ether oxygens (including phenoxy) is 2. The minimum atomic E-state index is -0.540. The van der Waals surface area contributed by atoms with Gasteiger partial charge in [-0.15, -0.1) is 0 Å². The van der Waals surface area contributed by atoms with Crippen molar-refractivity contribution in [1.82, 2.24) is 0 Å². The Kier molecular flexibility index (Phi) is 2.84. The van der Waals surface area contributed by atoms with E-state index in [2.05, 4.69) is 33.8 Å². The first-order valence-corrected chi connectivity index (χ1v) is 6.36. The molecule has 2 nitrogen and oxygen atoms in total. The van der Waals surface area contributed by atoms with Crippen molar-refractivity contribution >= 4 is 0 Å². The lowest BCUT2D eigenvalue weighted by Gasteiger charge is -2.19. The zero-order valence-electron chi connectivity index (χ0n) is 11.6. The fourth-order valence-corrected chi connectivity index (χ4v) is 2.41. The highest BCUT2D eigenvalue weighted by atomic mass is 16.7. The van der Waals surface area contributed by atoms with E-state index in [1.165, 1.54) is 11.1 Å². The Bertz CT molecular complexity index is 431. The molecule has 0 aliphatic carbocycles. The largest absolute Gasteiger partial charge is 0.449 e. The van der Waals surface area contributed by atoms with E-state index in [0.29, 0.717) is 11.8 Å². The number of hydrogen-bond acceptors (Lipinski definition) is 2. The minimum absolute atomic E-state index is 0.444. The van der Waals surface area contributed by atoms with Gasteiger partial charge in [0.25, 0.3) is 0 Å². The van der Waals surface area contributed by atoms with Crippen LogP contribution in [-0.2, 0) is 0 Å². The number of benzene rings is 1. The molecule has 0 bridgehead atoms. The normalized spacial score (nSPS) is 16.9. The summed E-state index contributed by atoms with van der Waals surface area (Å²) in [4.78, 5) is 0. The second kappa shape index (κ2) is 3.94. The molecule has 0 saturated heterocycles. The van der Waals surface area contributed by atoms with Gasteiger partial charge in [-0.2, -0.15) is 0 Å². The summed E-state index contributed by atoms with van der Waals surface area (Å²) in [5, 5.41) is 0. The summed E-state index contributed by atoms with van der Waals surface area (Å²) < 4.78 is 11.8. The minimum Gasteiger partial charge on any atom is -0.449 e. The highest BCUT2D eigenvalue weighted by Crippen LogP contribution is 2.47. The maximum Gasteiger partial charge on any atom is 0.246 e. The van der Waals surface area contributed by atoms with Crippen molar-refractivity contribution in [3.63, 3.8) is 0 Å². The van der Waals surface area contributed by atoms with Crippen molar-refractivity contribution in [3.8, 4) is 11.5 Å². The van der Waals surface area contributed by atoms with Crippen LogP contribution in [0.15, 0.2) is 12.1 Å². The van der Waals surface area contributed by atoms with Crippen LogP contribution in [0.5, 0.6) is 11.5 Å². The maximum absolute atomic E-state index is 5.96. The van der Waals surface area contributed by atoms with Gasteiger partial charge in [-0.25, -0.2) is 0 Å². The van der Waals surface area contributed by atoms with Gasteiger partial charge in [0.1, 0.15) is 0 Å². The second-order valence-corrected chi connectivity index (χ2v) is 5.81. The van der Waals surface area contributed by atoms with Gasteiger partial charge in [0.2, 0.25) is 5.79 Å². The molecule has 1 aromatic carbocycles. The molecular weight excluding hydrogens is 212 g/mol. The van der Waals surface area contributed by atoms with Gasteiger partial charge in [0.15, 0.2) is 11.5 Å². The summed E-state index contributed by atoms with van der Waals surface area (Å²) in [6.07, 6.45) is 0. The van der Waals surface area contributed by atoms with Gasteiger partial charge in [-0.05, 0) is 23.5 Å². The third kappa shape index (κ3) is 2.13. The fourth-order valence-electron chi connectivity index (χ4n) is 2.41. The molecule has 2 rings (SSSR count). The summed E-state index contributed by atoms with van der Waals surface area (Å²) >= 11 is 0. The van der Waals surface area contributed by atoms with Crippen molar-refractivity contribution in [1.29, 1.82) is 0 Å². The molecule has 94 valence electrons. The van der Waals surface area contributed by atoms with Crippen LogP contribution < -0.4 is 9.47 Å². The van der Waals surface area contributed by atoms with Crippen molar-refractivity contribution in [3.05, 3.63) is 23.3 Å². The lowest BCUT2D eigenvalue weighted by atomic mass is 9.89. The van der Waals surface area contributed by atoms with Crippen molar-refractivity contribution in [2.24, 2.45) is 0 Å². The van der Waals surface area contributed by atoms with Gasteiger partial charge in [-0.1, -0.05) is 33.8 Å². The average Bonchev–Trinajstić information content (AvgIpc) is 2.48. The number of hydrogen-bond donors (Lipinski definition) is 0. The highest BCUT2D eigenvalue weighted by molar-refractivity contribution is 5.55. The van der Waals surface area contributed by atoms with Crippen LogP contribution >= 0.6 is 0 Å². The van der Waals surface area contributed by atoms with E-state index in [1.807, 2.05) is 19.9 Å². The van der Waals surface area contributed by atoms with E-state index in [4.69, 9.17) is 9.47 Å². The first-order valence-electron chi connectivity index (χ1n) is 6.36. The van der Waals surface area contributed by atoms with E-state index in [9.17, 15) is 0 Å². The Morgan fingerprint density at radius 1 is 0.941 bits per heavy atom. The molecule has 1 aliphatic rings. The van der Waals surface area contributed by atoms with Crippen LogP contribution in [0.4, 0.5) is 0 Å². The SMILES string of the molecule is CC(C)c1ccc2c(c1C(C)C)OC(C)(C)O2. The summed E-state index contributed by atoms with van der Waals surface area (Å²) in [5.41, 5.74) is 2.66. The number of fused-ring (bicyclic) bond motifs is 1. The summed E-state index contributed by atoms with van der Waals surface area (Å²) in [7, 11) is 0. The van der Waals surface area contributed by atoms with E-state index < -0.39 is 5.79 Å². The van der Waals surface area contributed by atoms with Crippen LogP contribution in [0.3, 0.4) is 0 Å². The predicted molar refractivity (Wildman–Crippen MR) is 70.0 cm³/mol. The Morgan fingerprint density at radius 2 is 1.59 bits per heavy atom. The van der Waals surface area contributed by atoms with Crippen molar-refractivity contribution < 1.29 is 9.47 Å². The Labute approximate surface area is 104 Å². The topological polar surface area (TPSA) is 18.5 Å². The maximum atomic E-state index is 5.96. The second-order valence-electron chi connectivity index (χ2n) is 5.81. The van der Waals surface area contributed by atoms with E-state index in [0.717, 1.165) is 11.5 Å². The van der Waals surface area contributed by atoms with Gasteiger partial charge >= 0.3 is 0 Å². The van der Waals surface area contributed by atoms with E-state index >= 15 is 0 Å². The van der Waals surface area contributed by atoms with Crippen LogP contribution in [-0.4, -0.2) is 5.79 Å². The van der Waals surface area contributed by atoms with Crippen LogP contribution in [0.25, 0.3) is 0 Å². The number of rotatable bonds is 2. The van der Waals surface area contributed by atoms with Crippen LogP contribution in [0, 0.1) is 0 Å². The predicted octanol–water partition coefficient (Wildman–Crippen LogP) is 4.44. The van der Waals surface area contributed by atoms with Crippen molar-refractivity contribution in [2.45, 2.75) is 59.2 Å². The zero-order chi connectivity index (χ0) is 12.8. The molecule has 2 heteroatoms. The van der Waals surface area contributed by atoms with Gasteiger partial charge in [-0.3, -0.25) is 0 Å². The fraction of sp³-hybridized carbons (Fsp3) is 0.600. The molecule has 1 aromatic rings. The molecule has 0 fully saturated rings. The third-order valence-electron chi connectivity index (χ3n) is 3.10. The lowest BCUT2D eigenvalue weighted by molar-refractivity contribution is -0.0435. The first-order chi connectivity index (χ1) is 7.82. The summed E-state index contributed by atoms with van der Waals surface area (Å²) in [6, 6.07) is 4.20. The molecule has 0 amide bonds. The quantitative estimate of drug-likeness (QED) is 0.753. The zero-order valence-corrected chi connectivity index (χ0v) is 11.6. The van der Waals surface area contributed by atoms with Crippen LogP contribution in [0.1, 0.15) is 64.5 Å². The monoisotopic (exact) mass is 234 g/mol. The van der Waals surface area contributed by atoms with E-state index in [1.54, 1.807) is 0 Å². The molecule has 17 heavy (non-hydrogen) atoms. The van der Waals surface area contributed by atoms with Crippen molar-refractivity contribution in [2.75, 3.05) is 0 Å². The van der Waals surface area contributed by atoms with E-state index in [-0.39, 0.29) is 0 Å². The lowest BCUT2D eigenvalue weighted by Crippen LogP contribution is -2.30. The first kappa shape index (κ1) is 12.3. The standard InChI is InChI=1S/C15H22O2/c1-9(2)11-7-8-12-14(13(11)10(3)4)17-15(5,6)16-12/h7-10H,1-6H3. The Hall–Kier alpha value is -1.18. The highest BCUT2D eigenvalue weighted by Gasteiger charge is 2.35. The van der Waals surface area contributed by atoms with Gasteiger partial charge in [0.05, 0.1) is 0 Å². The molecule has 0 radical (unpaired) electrons. The molecule has 0 aromatic heterocycles. The van der Waals surface area contributed by atoms with Gasteiger partial charge < -0.3 is 9.47 Å². The molecule has 0 N–H and O–H groups in total.